The molecule has 156 valence electrons. The van der Waals surface area contributed by atoms with Crippen molar-refractivity contribution in [3.8, 4) is 0 Å². The van der Waals surface area contributed by atoms with Crippen molar-refractivity contribution in [2.75, 3.05) is 5.75 Å². The van der Waals surface area contributed by atoms with Crippen molar-refractivity contribution < 1.29 is 9.59 Å². The van der Waals surface area contributed by atoms with Gasteiger partial charge in [-0.05, 0) is 43.5 Å². The summed E-state index contributed by atoms with van der Waals surface area (Å²) in [6.45, 7) is 6.25. The SMILES string of the molecule is CCC(C(=O)NC(C)C)N(Cc1ccccc1)C(=O)CSCc1ccc(Br)cc1. The van der Waals surface area contributed by atoms with Gasteiger partial charge in [0.2, 0.25) is 11.8 Å². The fourth-order valence-corrected chi connectivity index (χ4v) is 4.14. The monoisotopic (exact) mass is 476 g/mol. The Labute approximate surface area is 186 Å². The lowest BCUT2D eigenvalue weighted by Gasteiger charge is -2.31. The molecule has 0 aromatic heterocycles. The molecule has 0 heterocycles. The number of nitrogens with one attached hydrogen (secondary N) is 1. The molecule has 0 radical (unpaired) electrons. The molecule has 2 aromatic carbocycles. The van der Waals surface area contributed by atoms with E-state index < -0.39 is 6.04 Å². The lowest BCUT2D eigenvalue weighted by molar-refractivity contribution is -0.139. The van der Waals surface area contributed by atoms with Crippen molar-refractivity contribution in [3.63, 3.8) is 0 Å². The average molecular weight is 477 g/mol. The zero-order chi connectivity index (χ0) is 21.2. The second kappa shape index (κ2) is 12.0. The molecular weight excluding hydrogens is 448 g/mol. The zero-order valence-corrected chi connectivity index (χ0v) is 19.6. The van der Waals surface area contributed by atoms with Gasteiger partial charge in [0.1, 0.15) is 6.04 Å². The standard InChI is InChI=1S/C23H29BrN2O2S/c1-4-21(23(28)25-17(2)3)26(14-18-8-6-5-7-9-18)22(27)16-29-15-19-10-12-20(24)13-11-19/h5-13,17,21H,4,14-16H2,1-3H3,(H,25,28). The van der Waals surface area contributed by atoms with E-state index in [1.165, 1.54) is 5.56 Å². The minimum Gasteiger partial charge on any atom is -0.352 e. The Morgan fingerprint density at radius 2 is 1.69 bits per heavy atom. The summed E-state index contributed by atoms with van der Waals surface area (Å²) in [6.07, 6.45) is 0.578. The number of benzene rings is 2. The first kappa shape index (κ1) is 23.5. The molecule has 0 aliphatic carbocycles. The second-order valence-corrected chi connectivity index (χ2v) is 9.12. The van der Waals surface area contributed by atoms with E-state index in [9.17, 15) is 9.59 Å². The first-order valence-corrected chi connectivity index (χ1v) is 11.8. The molecule has 0 aliphatic heterocycles. The predicted octanol–water partition coefficient (Wildman–Crippen LogP) is 5.01. The highest BCUT2D eigenvalue weighted by atomic mass is 79.9. The van der Waals surface area contributed by atoms with Crippen LogP contribution < -0.4 is 5.32 Å². The molecule has 2 aromatic rings. The number of halogens is 1. The van der Waals surface area contributed by atoms with Gasteiger partial charge in [-0.25, -0.2) is 0 Å². The third-order valence-electron chi connectivity index (χ3n) is 4.42. The molecule has 1 N–H and O–H groups in total. The normalized spacial score (nSPS) is 11.9. The predicted molar refractivity (Wildman–Crippen MR) is 125 cm³/mol. The van der Waals surface area contributed by atoms with Gasteiger partial charge in [0.25, 0.3) is 0 Å². The summed E-state index contributed by atoms with van der Waals surface area (Å²) in [6, 6.07) is 17.5. The number of hydrogen-bond donors (Lipinski definition) is 1. The molecule has 2 amide bonds. The van der Waals surface area contributed by atoms with Crippen molar-refractivity contribution in [3.05, 3.63) is 70.2 Å². The highest BCUT2D eigenvalue weighted by Gasteiger charge is 2.28. The minimum absolute atomic E-state index is 0.0123. The van der Waals surface area contributed by atoms with E-state index in [1.807, 2.05) is 75.4 Å². The van der Waals surface area contributed by atoms with Gasteiger partial charge >= 0.3 is 0 Å². The number of rotatable bonds is 10. The molecule has 0 fully saturated rings. The van der Waals surface area contributed by atoms with Gasteiger partial charge in [-0.3, -0.25) is 9.59 Å². The Morgan fingerprint density at radius 1 is 1.03 bits per heavy atom. The zero-order valence-electron chi connectivity index (χ0n) is 17.2. The van der Waals surface area contributed by atoms with Crippen molar-refractivity contribution in [2.24, 2.45) is 0 Å². The van der Waals surface area contributed by atoms with Crippen molar-refractivity contribution >= 4 is 39.5 Å². The van der Waals surface area contributed by atoms with Crippen LogP contribution >= 0.6 is 27.7 Å². The molecule has 1 unspecified atom stereocenters. The smallest absolute Gasteiger partial charge is 0.243 e. The van der Waals surface area contributed by atoms with E-state index in [2.05, 4.69) is 21.2 Å². The van der Waals surface area contributed by atoms with E-state index in [0.29, 0.717) is 18.7 Å². The molecule has 0 saturated carbocycles. The summed E-state index contributed by atoms with van der Waals surface area (Å²) in [5.41, 5.74) is 2.19. The minimum atomic E-state index is -0.474. The van der Waals surface area contributed by atoms with Crippen LogP contribution in [0.5, 0.6) is 0 Å². The van der Waals surface area contributed by atoms with Crippen LogP contribution in [-0.2, 0) is 21.9 Å². The largest absolute Gasteiger partial charge is 0.352 e. The average Bonchev–Trinajstić information content (AvgIpc) is 2.69. The number of amides is 2. The molecule has 6 heteroatoms. The Balaban J connectivity index is 2.08. The maximum absolute atomic E-state index is 13.1. The fourth-order valence-electron chi connectivity index (χ4n) is 3.00. The molecule has 4 nitrogen and oxygen atoms in total. The molecular formula is C23H29BrN2O2S. The first-order chi connectivity index (χ1) is 13.9. The summed E-state index contributed by atoms with van der Waals surface area (Å²) >= 11 is 5.01. The number of thioether (sulfide) groups is 1. The highest BCUT2D eigenvalue weighted by molar-refractivity contribution is 9.10. The maximum atomic E-state index is 13.1. The first-order valence-electron chi connectivity index (χ1n) is 9.86. The molecule has 29 heavy (non-hydrogen) atoms. The Kier molecular flexibility index (Phi) is 9.74. The molecule has 0 spiro atoms. The van der Waals surface area contributed by atoms with Crippen LogP contribution in [-0.4, -0.2) is 34.6 Å². The van der Waals surface area contributed by atoms with Crippen molar-refractivity contribution in [1.82, 2.24) is 10.2 Å². The van der Waals surface area contributed by atoms with Crippen molar-refractivity contribution in [1.29, 1.82) is 0 Å². The van der Waals surface area contributed by atoms with E-state index in [1.54, 1.807) is 16.7 Å². The van der Waals surface area contributed by atoms with Gasteiger partial charge in [-0.15, -0.1) is 11.8 Å². The number of hydrogen-bond acceptors (Lipinski definition) is 3. The third kappa shape index (κ3) is 7.86. The van der Waals surface area contributed by atoms with E-state index in [-0.39, 0.29) is 17.9 Å². The van der Waals surface area contributed by atoms with Gasteiger partial charge in [-0.1, -0.05) is 65.3 Å². The molecule has 0 aliphatic rings. The highest BCUT2D eigenvalue weighted by Crippen LogP contribution is 2.19. The quantitative estimate of drug-likeness (QED) is 0.523. The van der Waals surface area contributed by atoms with Gasteiger partial charge in [0.15, 0.2) is 0 Å². The van der Waals surface area contributed by atoms with Crippen LogP contribution in [0, 0.1) is 0 Å². The topological polar surface area (TPSA) is 49.4 Å². The Hall–Kier alpha value is -1.79. The number of carbonyl (C=O) groups is 2. The number of carbonyl (C=O) groups excluding carboxylic acids is 2. The molecule has 0 saturated heterocycles. The summed E-state index contributed by atoms with van der Waals surface area (Å²) in [7, 11) is 0. The van der Waals surface area contributed by atoms with Crippen LogP contribution in [0.2, 0.25) is 0 Å². The van der Waals surface area contributed by atoms with E-state index >= 15 is 0 Å². The maximum Gasteiger partial charge on any atom is 0.243 e. The van der Waals surface area contributed by atoms with Crippen LogP contribution in [0.3, 0.4) is 0 Å². The van der Waals surface area contributed by atoms with Crippen LogP contribution in [0.1, 0.15) is 38.3 Å². The lowest BCUT2D eigenvalue weighted by Crippen LogP contribution is -2.50. The van der Waals surface area contributed by atoms with Gasteiger partial charge in [-0.2, -0.15) is 0 Å². The fraction of sp³-hybridized carbons (Fsp3) is 0.391. The van der Waals surface area contributed by atoms with Gasteiger partial charge < -0.3 is 10.2 Å². The van der Waals surface area contributed by atoms with Crippen LogP contribution in [0.15, 0.2) is 59.1 Å². The lowest BCUT2D eigenvalue weighted by atomic mass is 10.1. The third-order valence-corrected chi connectivity index (χ3v) is 5.94. The van der Waals surface area contributed by atoms with E-state index in [0.717, 1.165) is 15.8 Å². The van der Waals surface area contributed by atoms with E-state index in [4.69, 9.17) is 0 Å². The molecule has 1 atom stereocenters. The Morgan fingerprint density at radius 3 is 2.28 bits per heavy atom. The summed E-state index contributed by atoms with van der Waals surface area (Å²) in [4.78, 5) is 27.6. The van der Waals surface area contributed by atoms with Crippen molar-refractivity contribution in [2.45, 2.75) is 51.6 Å². The number of nitrogens with zero attached hydrogens (tertiary/aromatic N) is 1. The van der Waals surface area contributed by atoms with Gasteiger partial charge in [0.05, 0.1) is 5.75 Å². The van der Waals surface area contributed by atoms with Crippen LogP contribution in [0.4, 0.5) is 0 Å². The van der Waals surface area contributed by atoms with Gasteiger partial charge in [0, 0.05) is 22.8 Å². The van der Waals surface area contributed by atoms with Crippen LogP contribution in [0.25, 0.3) is 0 Å². The summed E-state index contributed by atoms with van der Waals surface area (Å²) in [5, 5.41) is 2.96. The summed E-state index contributed by atoms with van der Waals surface area (Å²) in [5.74, 6) is 0.994. The summed E-state index contributed by atoms with van der Waals surface area (Å²) < 4.78 is 1.04. The Bertz CT molecular complexity index is 781. The second-order valence-electron chi connectivity index (χ2n) is 7.21. The molecule has 2 rings (SSSR count). The molecule has 0 bridgehead atoms.